The Morgan fingerprint density at radius 2 is 2.30 bits per heavy atom. The molecule has 0 radical (unpaired) electrons. The number of amides is 1. The van der Waals surface area contributed by atoms with Crippen LogP contribution >= 0.6 is 11.3 Å². The lowest BCUT2D eigenvalue weighted by Gasteiger charge is -2.19. The van der Waals surface area contributed by atoms with Gasteiger partial charge in [0, 0.05) is 31.4 Å². The first-order chi connectivity index (χ1) is 9.51. The maximum absolute atomic E-state index is 12.1. The Morgan fingerprint density at radius 1 is 1.55 bits per heavy atom. The van der Waals surface area contributed by atoms with Crippen LogP contribution in [-0.2, 0) is 20.7 Å². The van der Waals surface area contributed by atoms with Gasteiger partial charge in [-0.2, -0.15) is 0 Å². The molecule has 0 aromatic carbocycles. The molecule has 2 rings (SSSR count). The predicted octanol–water partition coefficient (Wildman–Crippen LogP) is 1.21. The summed E-state index contributed by atoms with van der Waals surface area (Å²) >= 11 is 1.53. The van der Waals surface area contributed by atoms with E-state index in [1.165, 1.54) is 23.3 Å². The highest BCUT2D eigenvalue weighted by Gasteiger charge is 2.19. The van der Waals surface area contributed by atoms with Crippen molar-refractivity contribution in [3.05, 3.63) is 23.5 Å². The fourth-order valence-corrected chi connectivity index (χ4v) is 2.66. The number of likely N-dealkylation sites (N-methyl/N-ethyl adjacent to an activating group) is 1. The molecule has 1 unspecified atom stereocenters. The largest absolute Gasteiger partial charge is 0.469 e. The SMILES string of the molecule is COC(=O)C(C)CN(C)C(=O)Cc1cn2ccsc2n1. The summed E-state index contributed by atoms with van der Waals surface area (Å²) in [5.41, 5.74) is 0.736. The molecule has 0 fully saturated rings. The van der Waals surface area contributed by atoms with Gasteiger partial charge in [0.2, 0.25) is 5.91 Å². The number of carbonyl (C=O) groups is 2. The molecule has 0 saturated carbocycles. The van der Waals surface area contributed by atoms with Gasteiger partial charge in [-0.15, -0.1) is 11.3 Å². The zero-order valence-corrected chi connectivity index (χ0v) is 12.5. The Balaban J connectivity index is 1.93. The highest BCUT2D eigenvalue weighted by atomic mass is 32.1. The molecule has 0 N–H and O–H groups in total. The van der Waals surface area contributed by atoms with Crippen LogP contribution in [0.1, 0.15) is 12.6 Å². The number of carbonyl (C=O) groups excluding carboxylic acids is 2. The number of methoxy groups -OCH3 is 1. The summed E-state index contributed by atoms with van der Waals surface area (Å²) in [4.78, 5) is 30.2. The van der Waals surface area contributed by atoms with E-state index in [1.807, 2.05) is 22.2 Å². The molecular formula is C13H17N3O3S. The summed E-state index contributed by atoms with van der Waals surface area (Å²) in [5.74, 6) is -0.710. The molecule has 0 saturated heterocycles. The number of thiazole rings is 1. The molecule has 6 nitrogen and oxygen atoms in total. The van der Waals surface area contributed by atoms with Gasteiger partial charge in [0.05, 0.1) is 25.1 Å². The van der Waals surface area contributed by atoms with E-state index in [4.69, 9.17) is 0 Å². The van der Waals surface area contributed by atoms with E-state index >= 15 is 0 Å². The standard InChI is InChI=1S/C13H17N3O3S/c1-9(12(18)19-3)7-15(2)11(17)6-10-8-16-4-5-20-13(16)14-10/h4-5,8-9H,6-7H2,1-3H3. The van der Waals surface area contributed by atoms with Crippen LogP contribution in [0.2, 0.25) is 0 Å². The molecule has 1 atom stereocenters. The summed E-state index contributed by atoms with van der Waals surface area (Å²) in [6.07, 6.45) is 3.99. The van der Waals surface area contributed by atoms with E-state index in [-0.39, 0.29) is 24.2 Å². The molecule has 20 heavy (non-hydrogen) atoms. The van der Waals surface area contributed by atoms with Crippen molar-refractivity contribution in [3.63, 3.8) is 0 Å². The second kappa shape index (κ2) is 6.04. The van der Waals surface area contributed by atoms with Gasteiger partial charge in [-0.3, -0.25) is 14.0 Å². The van der Waals surface area contributed by atoms with Gasteiger partial charge in [0.25, 0.3) is 0 Å². The first-order valence-electron chi connectivity index (χ1n) is 6.24. The lowest BCUT2D eigenvalue weighted by atomic mass is 10.1. The number of hydrogen-bond acceptors (Lipinski definition) is 5. The van der Waals surface area contributed by atoms with Gasteiger partial charge < -0.3 is 9.64 Å². The molecule has 0 aliphatic heterocycles. The Hall–Kier alpha value is -1.89. The van der Waals surface area contributed by atoms with Gasteiger partial charge in [0.15, 0.2) is 4.96 Å². The first kappa shape index (κ1) is 14.5. The molecule has 108 valence electrons. The molecule has 2 heterocycles. The summed E-state index contributed by atoms with van der Waals surface area (Å²) in [5, 5.41) is 1.94. The zero-order valence-electron chi connectivity index (χ0n) is 11.7. The average Bonchev–Trinajstić information content (AvgIpc) is 2.98. The summed E-state index contributed by atoms with van der Waals surface area (Å²) in [7, 11) is 3.03. The molecule has 0 aliphatic rings. The van der Waals surface area contributed by atoms with Gasteiger partial charge in [-0.1, -0.05) is 6.92 Å². The number of rotatable bonds is 5. The summed E-state index contributed by atoms with van der Waals surface area (Å²) in [6, 6.07) is 0. The molecule has 7 heteroatoms. The monoisotopic (exact) mass is 295 g/mol. The van der Waals surface area contributed by atoms with Crippen molar-refractivity contribution in [2.24, 2.45) is 5.92 Å². The fraction of sp³-hybridized carbons (Fsp3) is 0.462. The van der Waals surface area contributed by atoms with Crippen LogP contribution in [-0.4, -0.2) is 46.9 Å². The Labute approximate surface area is 121 Å². The number of fused-ring (bicyclic) bond motifs is 1. The smallest absolute Gasteiger partial charge is 0.310 e. The van der Waals surface area contributed by atoms with E-state index in [0.717, 1.165) is 10.7 Å². The number of aromatic nitrogens is 2. The minimum absolute atomic E-state index is 0.0634. The third kappa shape index (κ3) is 3.16. The number of esters is 1. The minimum atomic E-state index is -0.334. The first-order valence-corrected chi connectivity index (χ1v) is 7.12. The molecule has 0 bridgehead atoms. The third-order valence-corrected chi connectivity index (χ3v) is 3.82. The van der Waals surface area contributed by atoms with Crippen LogP contribution in [0, 0.1) is 5.92 Å². The highest BCUT2D eigenvalue weighted by molar-refractivity contribution is 7.15. The van der Waals surface area contributed by atoms with Gasteiger partial charge in [-0.05, 0) is 0 Å². The molecular weight excluding hydrogens is 278 g/mol. The third-order valence-electron chi connectivity index (χ3n) is 3.05. The van der Waals surface area contributed by atoms with Crippen molar-refractivity contribution in [2.75, 3.05) is 20.7 Å². The Bertz CT molecular complexity index is 591. The van der Waals surface area contributed by atoms with Crippen LogP contribution < -0.4 is 0 Å². The van der Waals surface area contributed by atoms with E-state index < -0.39 is 0 Å². The topological polar surface area (TPSA) is 63.9 Å². The van der Waals surface area contributed by atoms with Gasteiger partial charge >= 0.3 is 5.97 Å². The number of imidazole rings is 1. The van der Waals surface area contributed by atoms with Gasteiger partial charge in [-0.25, -0.2) is 4.98 Å². The molecule has 2 aromatic heterocycles. The van der Waals surface area contributed by atoms with E-state index in [1.54, 1.807) is 14.0 Å². The van der Waals surface area contributed by atoms with Crippen molar-refractivity contribution in [2.45, 2.75) is 13.3 Å². The van der Waals surface area contributed by atoms with E-state index in [9.17, 15) is 9.59 Å². The van der Waals surface area contributed by atoms with Crippen LogP contribution in [0.4, 0.5) is 0 Å². The second-order valence-corrected chi connectivity index (χ2v) is 5.57. The van der Waals surface area contributed by atoms with Crippen LogP contribution in [0.25, 0.3) is 4.96 Å². The second-order valence-electron chi connectivity index (χ2n) is 4.70. The maximum Gasteiger partial charge on any atom is 0.310 e. The Kier molecular flexibility index (Phi) is 4.39. The molecule has 1 amide bonds. The van der Waals surface area contributed by atoms with Crippen molar-refractivity contribution < 1.29 is 14.3 Å². The number of hydrogen-bond donors (Lipinski definition) is 0. The van der Waals surface area contributed by atoms with Crippen LogP contribution in [0.5, 0.6) is 0 Å². The quantitative estimate of drug-likeness (QED) is 0.778. The summed E-state index contributed by atoms with van der Waals surface area (Å²) < 4.78 is 6.54. The summed E-state index contributed by atoms with van der Waals surface area (Å²) in [6.45, 7) is 2.08. The van der Waals surface area contributed by atoms with Gasteiger partial charge in [0.1, 0.15) is 0 Å². The van der Waals surface area contributed by atoms with Crippen molar-refractivity contribution in [1.29, 1.82) is 0 Å². The normalized spacial score (nSPS) is 12.3. The molecule has 0 spiro atoms. The Morgan fingerprint density at radius 3 is 2.95 bits per heavy atom. The van der Waals surface area contributed by atoms with Crippen LogP contribution in [0.15, 0.2) is 17.8 Å². The predicted molar refractivity (Wildman–Crippen MR) is 75.6 cm³/mol. The fourth-order valence-electron chi connectivity index (χ4n) is 1.94. The number of ether oxygens (including phenoxy) is 1. The zero-order chi connectivity index (χ0) is 14.7. The number of nitrogens with zero attached hydrogens (tertiary/aromatic N) is 3. The minimum Gasteiger partial charge on any atom is -0.469 e. The highest BCUT2D eigenvalue weighted by Crippen LogP contribution is 2.12. The average molecular weight is 295 g/mol. The lowest BCUT2D eigenvalue weighted by molar-refractivity contribution is -0.146. The van der Waals surface area contributed by atoms with Crippen molar-refractivity contribution in [1.82, 2.24) is 14.3 Å². The molecule has 0 aliphatic carbocycles. The lowest BCUT2D eigenvalue weighted by Crippen LogP contribution is -2.35. The van der Waals surface area contributed by atoms with E-state index in [0.29, 0.717) is 6.54 Å². The van der Waals surface area contributed by atoms with Crippen molar-refractivity contribution in [3.8, 4) is 0 Å². The van der Waals surface area contributed by atoms with Crippen molar-refractivity contribution >= 4 is 28.2 Å². The molecule has 2 aromatic rings. The van der Waals surface area contributed by atoms with E-state index in [2.05, 4.69) is 9.72 Å². The maximum atomic E-state index is 12.1. The van der Waals surface area contributed by atoms with Crippen LogP contribution in [0.3, 0.4) is 0 Å².